The molecule has 1 aromatic rings. The van der Waals surface area contributed by atoms with Crippen LogP contribution in [0.4, 0.5) is 10.1 Å². The van der Waals surface area contributed by atoms with Crippen LogP contribution in [0.1, 0.15) is 6.42 Å². The number of sulfone groups is 1. The van der Waals surface area contributed by atoms with Crippen molar-refractivity contribution in [3.05, 3.63) is 24.3 Å². The molecule has 0 heterocycles. The first kappa shape index (κ1) is 11.0. The Hall–Kier alpha value is -1.10. The Balaban J connectivity index is 2.99. The molecule has 0 aliphatic rings. The van der Waals surface area contributed by atoms with Crippen molar-refractivity contribution < 1.29 is 12.8 Å². The molecule has 0 bridgehead atoms. The zero-order chi connectivity index (χ0) is 10.6. The summed E-state index contributed by atoms with van der Waals surface area (Å²) in [5.74, 6) is -0.197. The van der Waals surface area contributed by atoms with Gasteiger partial charge in [-0.3, -0.25) is 4.39 Å². The quantitative estimate of drug-likeness (QED) is 0.775. The fraction of sp³-hybridized carbons (Fsp3) is 0.333. The summed E-state index contributed by atoms with van der Waals surface area (Å²) in [6.07, 6.45) is 0.0106. The van der Waals surface area contributed by atoms with Crippen LogP contribution >= 0.6 is 0 Å². The standard InChI is InChI=1S/C9H12FNO2S/c10-6-3-7-14(12,13)9-5-2-1-4-8(9)11/h1-2,4-5H,3,6-7,11H2. The molecule has 2 N–H and O–H groups in total. The average Bonchev–Trinajstić information content (AvgIpc) is 2.15. The fourth-order valence-corrected chi connectivity index (χ4v) is 2.54. The zero-order valence-electron chi connectivity index (χ0n) is 7.61. The number of benzene rings is 1. The van der Waals surface area contributed by atoms with Gasteiger partial charge in [0.1, 0.15) is 0 Å². The van der Waals surface area contributed by atoms with Crippen molar-refractivity contribution in [1.29, 1.82) is 0 Å². The minimum Gasteiger partial charge on any atom is -0.398 e. The molecule has 0 aromatic heterocycles. The second-order valence-corrected chi connectivity index (χ2v) is 4.98. The van der Waals surface area contributed by atoms with Crippen molar-refractivity contribution in [2.75, 3.05) is 18.2 Å². The lowest BCUT2D eigenvalue weighted by Gasteiger charge is -2.05. The minimum absolute atomic E-state index is 0.0106. The van der Waals surface area contributed by atoms with E-state index in [0.29, 0.717) is 0 Å². The summed E-state index contributed by atoms with van der Waals surface area (Å²) in [5.41, 5.74) is 5.72. The molecule has 78 valence electrons. The summed E-state index contributed by atoms with van der Waals surface area (Å²) in [7, 11) is -3.42. The Morgan fingerprint density at radius 1 is 1.29 bits per heavy atom. The van der Waals surface area contributed by atoms with Gasteiger partial charge in [-0.05, 0) is 18.6 Å². The highest BCUT2D eigenvalue weighted by atomic mass is 32.2. The molecule has 0 unspecified atom stereocenters. The zero-order valence-corrected chi connectivity index (χ0v) is 8.43. The van der Waals surface area contributed by atoms with E-state index in [4.69, 9.17) is 5.73 Å². The number of halogens is 1. The van der Waals surface area contributed by atoms with Gasteiger partial charge in [-0.15, -0.1) is 0 Å². The van der Waals surface area contributed by atoms with Crippen molar-refractivity contribution >= 4 is 15.5 Å². The highest BCUT2D eigenvalue weighted by Gasteiger charge is 2.16. The van der Waals surface area contributed by atoms with Gasteiger partial charge in [0.05, 0.1) is 23.0 Å². The van der Waals surface area contributed by atoms with Crippen LogP contribution < -0.4 is 5.73 Å². The Kier molecular flexibility index (Phi) is 3.46. The Morgan fingerprint density at radius 3 is 2.50 bits per heavy atom. The van der Waals surface area contributed by atoms with Crippen LogP contribution in [0.3, 0.4) is 0 Å². The van der Waals surface area contributed by atoms with Crippen molar-refractivity contribution in [3.8, 4) is 0 Å². The summed E-state index contributed by atoms with van der Waals surface area (Å²) in [6, 6.07) is 6.20. The Morgan fingerprint density at radius 2 is 1.93 bits per heavy atom. The fourth-order valence-electron chi connectivity index (χ4n) is 1.12. The molecule has 1 aromatic carbocycles. The highest BCUT2D eigenvalue weighted by Crippen LogP contribution is 2.19. The van der Waals surface area contributed by atoms with Crippen LogP contribution in [0.15, 0.2) is 29.2 Å². The molecule has 0 saturated carbocycles. The second kappa shape index (κ2) is 4.41. The lowest BCUT2D eigenvalue weighted by Crippen LogP contribution is -2.09. The van der Waals surface area contributed by atoms with Gasteiger partial charge in [-0.2, -0.15) is 0 Å². The summed E-state index contributed by atoms with van der Waals surface area (Å²) in [6.45, 7) is -0.633. The van der Waals surface area contributed by atoms with E-state index in [2.05, 4.69) is 0 Å². The molecule has 0 atom stereocenters. The van der Waals surface area contributed by atoms with E-state index in [9.17, 15) is 12.8 Å². The van der Waals surface area contributed by atoms with E-state index in [1.54, 1.807) is 12.1 Å². The second-order valence-electron chi connectivity index (χ2n) is 2.90. The van der Waals surface area contributed by atoms with E-state index in [1.165, 1.54) is 12.1 Å². The van der Waals surface area contributed by atoms with Gasteiger partial charge in [-0.1, -0.05) is 12.1 Å². The normalized spacial score (nSPS) is 11.5. The van der Waals surface area contributed by atoms with Crippen molar-refractivity contribution in [1.82, 2.24) is 0 Å². The summed E-state index contributed by atoms with van der Waals surface area (Å²) < 4.78 is 35.0. The molecule has 0 spiro atoms. The molecular formula is C9H12FNO2S. The lowest BCUT2D eigenvalue weighted by molar-refractivity contribution is 0.484. The SMILES string of the molecule is Nc1ccccc1S(=O)(=O)CCCF. The molecule has 3 nitrogen and oxygen atoms in total. The first-order chi connectivity index (χ1) is 6.58. The van der Waals surface area contributed by atoms with E-state index in [-0.39, 0.29) is 22.8 Å². The number of hydrogen-bond acceptors (Lipinski definition) is 3. The maximum Gasteiger partial charge on any atom is 0.180 e. The van der Waals surface area contributed by atoms with Gasteiger partial charge >= 0.3 is 0 Å². The smallest absolute Gasteiger partial charge is 0.180 e. The van der Waals surface area contributed by atoms with E-state index >= 15 is 0 Å². The van der Waals surface area contributed by atoms with Gasteiger partial charge in [-0.25, -0.2) is 8.42 Å². The number of alkyl halides is 1. The minimum atomic E-state index is -3.42. The number of hydrogen-bond donors (Lipinski definition) is 1. The monoisotopic (exact) mass is 217 g/mol. The maximum absolute atomic E-state index is 11.8. The van der Waals surface area contributed by atoms with Crippen LogP contribution in [-0.4, -0.2) is 20.8 Å². The predicted molar refractivity (Wildman–Crippen MR) is 53.5 cm³/mol. The van der Waals surface area contributed by atoms with Gasteiger partial charge < -0.3 is 5.73 Å². The number of anilines is 1. The first-order valence-electron chi connectivity index (χ1n) is 4.21. The molecular weight excluding hydrogens is 205 g/mol. The molecule has 5 heteroatoms. The van der Waals surface area contributed by atoms with Crippen LogP contribution in [0.25, 0.3) is 0 Å². The van der Waals surface area contributed by atoms with Gasteiger partial charge in [0, 0.05) is 0 Å². The van der Waals surface area contributed by atoms with Crippen molar-refractivity contribution in [2.24, 2.45) is 0 Å². The third kappa shape index (κ3) is 2.45. The maximum atomic E-state index is 11.8. The molecule has 0 aliphatic heterocycles. The molecule has 14 heavy (non-hydrogen) atoms. The number of nitrogen functional groups attached to an aromatic ring is 1. The van der Waals surface area contributed by atoms with Crippen LogP contribution in [0.2, 0.25) is 0 Å². The molecule has 0 amide bonds. The highest BCUT2D eigenvalue weighted by molar-refractivity contribution is 7.91. The first-order valence-corrected chi connectivity index (χ1v) is 5.86. The summed E-state index contributed by atoms with van der Waals surface area (Å²) in [4.78, 5) is 0.0912. The average molecular weight is 217 g/mol. The largest absolute Gasteiger partial charge is 0.398 e. The molecule has 1 rings (SSSR count). The Labute approximate surface area is 82.7 Å². The van der Waals surface area contributed by atoms with Crippen molar-refractivity contribution in [2.45, 2.75) is 11.3 Å². The third-order valence-electron chi connectivity index (χ3n) is 1.80. The third-order valence-corrected chi connectivity index (χ3v) is 3.67. The van der Waals surface area contributed by atoms with E-state index in [0.717, 1.165) is 0 Å². The molecule has 0 radical (unpaired) electrons. The summed E-state index contributed by atoms with van der Waals surface area (Å²) in [5, 5.41) is 0. The lowest BCUT2D eigenvalue weighted by atomic mass is 10.3. The van der Waals surface area contributed by atoms with Gasteiger partial charge in [0.2, 0.25) is 0 Å². The number of rotatable bonds is 4. The van der Waals surface area contributed by atoms with Gasteiger partial charge in [0.25, 0.3) is 0 Å². The van der Waals surface area contributed by atoms with Gasteiger partial charge in [0.15, 0.2) is 9.84 Å². The Bertz CT molecular complexity index is 403. The van der Waals surface area contributed by atoms with Crippen LogP contribution in [0, 0.1) is 0 Å². The van der Waals surface area contributed by atoms with Crippen LogP contribution in [0.5, 0.6) is 0 Å². The van der Waals surface area contributed by atoms with E-state index in [1.807, 2.05) is 0 Å². The molecule has 0 fully saturated rings. The summed E-state index contributed by atoms with van der Waals surface area (Å²) >= 11 is 0. The van der Waals surface area contributed by atoms with E-state index < -0.39 is 16.5 Å². The number of nitrogens with two attached hydrogens (primary N) is 1. The molecule has 0 aliphatic carbocycles. The number of para-hydroxylation sites is 1. The molecule has 0 saturated heterocycles. The van der Waals surface area contributed by atoms with Crippen molar-refractivity contribution in [3.63, 3.8) is 0 Å². The van der Waals surface area contributed by atoms with Crippen LogP contribution in [-0.2, 0) is 9.84 Å². The topological polar surface area (TPSA) is 60.2 Å². The predicted octanol–water partition coefficient (Wildman–Crippen LogP) is 1.40.